The first kappa shape index (κ1) is 15.1. The Bertz CT molecular complexity index is 588. The topological polar surface area (TPSA) is 62.3 Å². The summed E-state index contributed by atoms with van der Waals surface area (Å²) in [5.41, 5.74) is 8.54. The number of nitrogens with two attached hydrogens (primary N) is 1. The molecule has 4 nitrogen and oxygen atoms in total. The number of rotatable bonds is 6. The van der Waals surface area contributed by atoms with Crippen molar-refractivity contribution in [1.29, 1.82) is 5.41 Å². The largest absolute Gasteiger partial charge is 0.489 e. The minimum atomic E-state index is 0.0676. The van der Waals surface area contributed by atoms with E-state index >= 15 is 0 Å². The molecule has 0 atom stereocenters. The molecule has 0 aliphatic heterocycles. The average Bonchev–Trinajstić information content (AvgIpc) is 2.46. The van der Waals surface area contributed by atoms with Crippen LogP contribution in [0.25, 0.3) is 0 Å². The number of nitrogens with zero attached hydrogens (tertiary/aromatic N) is 1. The van der Waals surface area contributed by atoms with Crippen LogP contribution in [0, 0.1) is 5.41 Å². The first-order valence-electron chi connectivity index (χ1n) is 6.84. The van der Waals surface area contributed by atoms with E-state index in [-0.39, 0.29) is 5.84 Å². The lowest BCUT2D eigenvalue weighted by atomic mass is 10.1. The standard InChI is InChI=1S/C17H21N3O/c1-20(2)11-13-3-5-14(6-4-13)12-21-16-9-7-15(8-10-16)17(18)19/h3-10H,11-12H2,1-2H3,(H3,18,19). The van der Waals surface area contributed by atoms with E-state index < -0.39 is 0 Å². The lowest BCUT2D eigenvalue weighted by Gasteiger charge is -2.11. The molecule has 0 aliphatic carbocycles. The van der Waals surface area contributed by atoms with Crippen LogP contribution in [0.5, 0.6) is 5.75 Å². The number of hydrogen-bond donors (Lipinski definition) is 2. The van der Waals surface area contributed by atoms with Gasteiger partial charge in [0.05, 0.1) is 0 Å². The summed E-state index contributed by atoms with van der Waals surface area (Å²) in [6.07, 6.45) is 0. The van der Waals surface area contributed by atoms with Crippen LogP contribution >= 0.6 is 0 Å². The van der Waals surface area contributed by atoms with Crippen molar-refractivity contribution in [2.45, 2.75) is 13.2 Å². The zero-order valence-corrected chi connectivity index (χ0v) is 12.5. The van der Waals surface area contributed by atoms with Crippen LogP contribution in [0.4, 0.5) is 0 Å². The van der Waals surface area contributed by atoms with Crippen molar-refractivity contribution < 1.29 is 4.74 Å². The molecule has 0 spiro atoms. The molecule has 0 bridgehead atoms. The van der Waals surface area contributed by atoms with Gasteiger partial charge in [-0.2, -0.15) is 0 Å². The van der Waals surface area contributed by atoms with Crippen molar-refractivity contribution in [3.63, 3.8) is 0 Å². The van der Waals surface area contributed by atoms with E-state index in [0.29, 0.717) is 12.2 Å². The number of nitrogens with one attached hydrogen (secondary N) is 1. The van der Waals surface area contributed by atoms with E-state index in [1.807, 2.05) is 12.1 Å². The molecular weight excluding hydrogens is 262 g/mol. The number of benzene rings is 2. The third-order valence-electron chi connectivity index (χ3n) is 3.09. The number of nitrogen functional groups attached to an aromatic ring is 1. The van der Waals surface area contributed by atoms with Crippen LogP contribution in [0.1, 0.15) is 16.7 Å². The molecule has 0 saturated carbocycles. The third-order valence-corrected chi connectivity index (χ3v) is 3.09. The molecule has 110 valence electrons. The molecule has 0 heterocycles. The van der Waals surface area contributed by atoms with Gasteiger partial charge in [-0.25, -0.2) is 0 Å². The van der Waals surface area contributed by atoms with Crippen LogP contribution in [0.2, 0.25) is 0 Å². The highest BCUT2D eigenvalue weighted by Gasteiger charge is 2.00. The maximum atomic E-state index is 7.34. The maximum absolute atomic E-state index is 7.34. The van der Waals surface area contributed by atoms with Gasteiger partial charge in [0.2, 0.25) is 0 Å². The van der Waals surface area contributed by atoms with Gasteiger partial charge in [-0.3, -0.25) is 5.41 Å². The summed E-state index contributed by atoms with van der Waals surface area (Å²) in [6.45, 7) is 1.47. The van der Waals surface area contributed by atoms with Crippen molar-refractivity contribution in [1.82, 2.24) is 4.90 Å². The maximum Gasteiger partial charge on any atom is 0.122 e. The van der Waals surface area contributed by atoms with Gasteiger partial charge in [-0.05, 0) is 49.5 Å². The molecule has 3 N–H and O–H groups in total. The molecule has 21 heavy (non-hydrogen) atoms. The highest BCUT2D eigenvalue weighted by atomic mass is 16.5. The first-order chi connectivity index (χ1) is 10.0. The van der Waals surface area contributed by atoms with Crippen LogP contribution < -0.4 is 10.5 Å². The summed E-state index contributed by atoms with van der Waals surface area (Å²) < 4.78 is 5.73. The van der Waals surface area contributed by atoms with Gasteiger partial charge in [0, 0.05) is 12.1 Å². The molecule has 0 saturated heterocycles. The first-order valence-corrected chi connectivity index (χ1v) is 6.84. The van der Waals surface area contributed by atoms with Gasteiger partial charge in [-0.1, -0.05) is 24.3 Å². The molecule has 0 unspecified atom stereocenters. The fraction of sp³-hybridized carbons (Fsp3) is 0.235. The van der Waals surface area contributed by atoms with Crippen LogP contribution in [-0.4, -0.2) is 24.8 Å². The summed E-state index contributed by atoms with van der Waals surface area (Å²) in [5.74, 6) is 0.843. The molecule has 4 heteroatoms. The van der Waals surface area contributed by atoms with E-state index in [2.05, 4.69) is 43.3 Å². The Labute approximate surface area is 125 Å². The highest BCUT2D eigenvalue weighted by molar-refractivity contribution is 5.94. The Balaban J connectivity index is 1.91. The molecule has 2 aromatic carbocycles. The summed E-state index contributed by atoms with van der Waals surface area (Å²) in [4.78, 5) is 2.14. The Kier molecular flexibility index (Phi) is 4.95. The van der Waals surface area contributed by atoms with Gasteiger partial charge in [0.15, 0.2) is 0 Å². The van der Waals surface area contributed by atoms with Crippen molar-refractivity contribution in [3.05, 3.63) is 65.2 Å². The van der Waals surface area contributed by atoms with E-state index in [0.717, 1.165) is 17.9 Å². The van der Waals surface area contributed by atoms with E-state index in [4.69, 9.17) is 15.9 Å². The fourth-order valence-corrected chi connectivity index (χ4v) is 2.00. The summed E-state index contributed by atoms with van der Waals surface area (Å²) in [6, 6.07) is 15.7. The monoisotopic (exact) mass is 283 g/mol. The Morgan fingerprint density at radius 2 is 1.57 bits per heavy atom. The molecule has 2 aromatic rings. The van der Waals surface area contributed by atoms with Crippen LogP contribution in [-0.2, 0) is 13.2 Å². The molecule has 0 fully saturated rings. The van der Waals surface area contributed by atoms with Crippen molar-refractivity contribution in [2.24, 2.45) is 5.73 Å². The second-order valence-electron chi connectivity index (χ2n) is 5.28. The molecule has 0 amide bonds. The van der Waals surface area contributed by atoms with Gasteiger partial charge >= 0.3 is 0 Å². The smallest absolute Gasteiger partial charge is 0.122 e. The van der Waals surface area contributed by atoms with Gasteiger partial charge in [0.25, 0.3) is 0 Å². The van der Waals surface area contributed by atoms with Crippen molar-refractivity contribution >= 4 is 5.84 Å². The molecular formula is C17H21N3O. The summed E-state index contributed by atoms with van der Waals surface area (Å²) >= 11 is 0. The number of hydrogen-bond acceptors (Lipinski definition) is 3. The van der Waals surface area contributed by atoms with E-state index in [1.165, 1.54) is 5.56 Å². The predicted molar refractivity (Wildman–Crippen MR) is 85.6 cm³/mol. The minimum Gasteiger partial charge on any atom is -0.489 e. The number of amidine groups is 1. The summed E-state index contributed by atoms with van der Waals surface area (Å²) in [5, 5.41) is 7.34. The van der Waals surface area contributed by atoms with Gasteiger partial charge in [0.1, 0.15) is 18.2 Å². The Morgan fingerprint density at radius 1 is 1.00 bits per heavy atom. The molecule has 0 aromatic heterocycles. The molecule has 0 aliphatic rings. The molecule has 2 rings (SSSR count). The fourth-order valence-electron chi connectivity index (χ4n) is 2.00. The van der Waals surface area contributed by atoms with Crippen LogP contribution in [0.3, 0.4) is 0 Å². The zero-order chi connectivity index (χ0) is 15.2. The minimum absolute atomic E-state index is 0.0676. The summed E-state index contributed by atoms with van der Waals surface area (Å²) in [7, 11) is 4.11. The Morgan fingerprint density at radius 3 is 2.10 bits per heavy atom. The highest BCUT2D eigenvalue weighted by Crippen LogP contribution is 2.14. The predicted octanol–water partition coefficient (Wildman–Crippen LogP) is 2.61. The lowest BCUT2D eigenvalue weighted by Crippen LogP contribution is -2.10. The van der Waals surface area contributed by atoms with E-state index in [9.17, 15) is 0 Å². The van der Waals surface area contributed by atoms with Gasteiger partial charge in [-0.15, -0.1) is 0 Å². The quantitative estimate of drug-likeness (QED) is 0.633. The molecule has 0 radical (unpaired) electrons. The second-order valence-corrected chi connectivity index (χ2v) is 5.28. The van der Waals surface area contributed by atoms with E-state index in [1.54, 1.807) is 12.1 Å². The van der Waals surface area contributed by atoms with Crippen molar-refractivity contribution in [3.8, 4) is 5.75 Å². The average molecular weight is 283 g/mol. The zero-order valence-electron chi connectivity index (χ0n) is 12.5. The van der Waals surface area contributed by atoms with Crippen LogP contribution in [0.15, 0.2) is 48.5 Å². The lowest BCUT2D eigenvalue weighted by molar-refractivity contribution is 0.306. The Hall–Kier alpha value is -2.33. The SMILES string of the molecule is CN(C)Cc1ccc(COc2ccc(C(=N)N)cc2)cc1. The van der Waals surface area contributed by atoms with Crippen molar-refractivity contribution in [2.75, 3.05) is 14.1 Å². The normalized spacial score (nSPS) is 10.6. The third kappa shape index (κ3) is 4.61. The number of ether oxygens (including phenoxy) is 1. The second kappa shape index (κ2) is 6.90. The van der Waals surface area contributed by atoms with Gasteiger partial charge < -0.3 is 15.4 Å².